The average Bonchev–Trinajstić information content (AvgIpc) is 2.83. The topological polar surface area (TPSA) is 114 Å². The molecule has 3 aromatic rings. The first kappa shape index (κ1) is 24.4. The van der Waals surface area contributed by atoms with Crippen LogP contribution < -0.4 is 20.7 Å². The van der Waals surface area contributed by atoms with Crippen LogP contribution in [0, 0.1) is 23.4 Å². The Morgan fingerprint density at radius 1 is 1.17 bits per heavy atom. The first-order valence-corrected chi connectivity index (χ1v) is 10.8. The lowest BCUT2D eigenvalue weighted by Gasteiger charge is -2.40. The Kier molecular flexibility index (Phi) is 6.90. The van der Waals surface area contributed by atoms with Crippen molar-refractivity contribution < 1.29 is 27.8 Å². The standard InChI is InChI=1S/C24H24F3N5O3/c1-12-10-32(11-15(28)23(12)33)18-7-8-29-9-17(18)31-24(34)16-5-3-14(26)22(30-16)20-13(25)4-6-19(35-2)21(20)27/h3-9,12,15,23,33H,10-11,28H2,1-2H3,(H,31,34)/t12-,15+,23+/m0/s1. The van der Waals surface area contributed by atoms with Gasteiger partial charge in [-0.15, -0.1) is 0 Å². The Balaban J connectivity index is 1.65. The number of halogens is 3. The van der Waals surface area contributed by atoms with Crippen LogP contribution in [0.1, 0.15) is 17.4 Å². The summed E-state index contributed by atoms with van der Waals surface area (Å²) in [6.45, 7) is 2.72. The second-order valence-corrected chi connectivity index (χ2v) is 8.35. The molecule has 8 nitrogen and oxygen atoms in total. The van der Waals surface area contributed by atoms with Gasteiger partial charge in [-0.25, -0.2) is 18.2 Å². The Morgan fingerprint density at radius 2 is 1.91 bits per heavy atom. The molecule has 1 aliphatic heterocycles. The molecular weight excluding hydrogens is 463 g/mol. The molecule has 0 spiro atoms. The fourth-order valence-corrected chi connectivity index (χ4v) is 4.11. The summed E-state index contributed by atoms with van der Waals surface area (Å²) in [5.41, 5.74) is 5.34. The van der Waals surface area contributed by atoms with E-state index in [9.17, 15) is 23.1 Å². The van der Waals surface area contributed by atoms with Crippen LogP contribution in [0.15, 0.2) is 42.7 Å². The van der Waals surface area contributed by atoms with Crippen molar-refractivity contribution in [2.45, 2.75) is 19.1 Å². The van der Waals surface area contributed by atoms with Crippen molar-refractivity contribution >= 4 is 17.3 Å². The number of nitrogens with zero attached hydrogens (tertiary/aromatic N) is 3. The van der Waals surface area contributed by atoms with Gasteiger partial charge in [0, 0.05) is 31.2 Å². The zero-order valence-corrected chi connectivity index (χ0v) is 19.0. The van der Waals surface area contributed by atoms with E-state index in [2.05, 4.69) is 15.3 Å². The largest absolute Gasteiger partial charge is 0.494 e. The Bertz CT molecular complexity index is 1250. The molecule has 2 aromatic heterocycles. The first-order chi connectivity index (χ1) is 16.7. The van der Waals surface area contributed by atoms with Crippen molar-refractivity contribution in [1.82, 2.24) is 9.97 Å². The highest BCUT2D eigenvalue weighted by atomic mass is 19.1. The number of methoxy groups -OCH3 is 1. The predicted molar refractivity (Wildman–Crippen MR) is 124 cm³/mol. The highest BCUT2D eigenvalue weighted by Crippen LogP contribution is 2.33. The van der Waals surface area contributed by atoms with E-state index in [1.54, 1.807) is 12.3 Å². The Morgan fingerprint density at radius 3 is 2.63 bits per heavy atom. The summed E-state index contributed by atoms with van der Waals surface area (Å²) in [6.07, 6.45) is 2.33. The predicted octanol–water partition coefficient (Wildman–Crippen LogP) is 2.97. The van der Waals surface area contributed by atoms with E-state index in [1.165, 1.54) is 13.3 Å². The SMILES string of the molecule is COc1ccc(F)c(-c2nc(C(=O)Nc3cnccc3N3C[C@@H](N)[C@H](O)[C@@H](C)C3)ccc2F)c1F. The van der Waals surface area contributed by atoms with Gasteiger partial charge in [0.1, 0.15) is 23.0 Å². The molecule has 1 aliphatic rings. The van der Waals surface area contributed by atoms with Gasteiger partial charge in [-0.2, -0.15) is 0 Å². The maximum absolute atomic E-state index is 14.7. The fraction of sp³-hybridized carbons (Fsp3) is 0.292. The van der Waals surface area contributed by atoms with Crippen LogP contribution in [-0.2, 0) is 0 Å². The lowest BCUT2D eigenvalue weighted by molar-refractivity contribution is 0.0785. The quantitative estimate of drug-likeness (QED) is 0.507. The Labute approximate surface area is 199 Å². The van der Waals surface area contributed by atoms with E-state index in [4.69, 9.17) is 10.5 Å². The van der Waals surface area contributed by atoms with Crippen LogP contribution in [-0.4, -0.2) is 53.3 Å². The number of aliphatic hydroxyl groups excluding tert-OH is 1. The lowest BCUT2D eigenvalue weighted by Crippen LogP contribution is -2.55. The highest BCUT2D eigenvalue weighted by molar-refractivity contribution is 6.04. The number of nitrogens with one attached hydrogen (secondary N) is 1. The number of amides is 1. The van der Waals surface area contributed by atoms with Crippen molar-refractivity contribution in [3.05, 3.63) is 65.9 Å². The number of anilines is 2. The van der Waals surface area contributed by atoms with Crippen LogP contribution in [0.3, 0.4) is 0 Å². The number of aliphatic hydroxyl groups is 1. The van der Waals surface area contributed by atoms with E-state index in [0.717, 1.165) is 24.3 Å². The molecule has 1 fully saturated rings. The molecule has 184 valence electrons. The molecule has 1 aromatic carbocycles. The third kappa shape index (κ3) is 4.77. The zero-order chi connectivity index (χ0) is 25.3. The maximum Gasteiger partial charge on any atom is 0.274 e. The molecule has 0 unspecified atom stereocenters. The third-order valence-electron chi connectivity index (χ3n) is 5.94. The molecule has 35 heavy (non-hydrogen) atoms. The molecule has 1 amide bonds. The number of carbonyl (C=O) groups is 1. The van der Waals surface area contributed by atoms with Crippen molar-refractivity contribution in [1.29, 1.82) is 0 Å². The van der Waals surface area contributed by atoms with E-state index in [0.29, 0.717) is 24.5 Å². The van der Waals surface area contributed by atoms with Crippen LogP contribution in [0.2, 0.25) is 0 Å². The smallest absolute Gasteiger partial charge is 0.274 e. The van der Waals surface area contributed by atoms with Crippen molar-refractivity contribution in [2.75, 3.05) is 30.4 Å². The van der Waals surface area contributed by atoms with Crippen LogP contribution in [0.5, 0.6) is 5.75 Å². The number of benzene rings is 1. The van der Waals surface area contributed by atoms with Crippen LogP contribution in [0.4, 0.5) is 24.5 Å². The van der Waals surface area contributed by atoms with Gasteiger partial charge in [-0.05, 0) is 30.3 Å². The number of hydrogen-bond donors (Lipinski definition) is 3. The summed E-state index contributed by atoms with van der Waals surface area (Å²) < 4.78 is 48.5. The van der Waals surface area contributed by atoms with E-state index >= 15 is 0 Å². The molecule has 3 heterocycles. The van der Waals surface area contributed by atoms with Gasteiger partial charge >= 0.3 is 0 Å². The van der Waals surface area contributed by atoms with Crippen molar-refractivity contribution in [3.8, 4) is 17.0 Å². The average molecular weight is 487 g/mol. The number of piperidine rings is 1. The number of nitrogens with two attached hydrogens (primary N) is 1. The molecule has 3 atom stereocenters. The summed E-state index contributed by atoms with van der Waals surface area (Å²) >= 11 is 0. The van der Waals surface area contributed by atoms with Crippen molar-refractivity contribution in [3.63, 3.8) is 0 Å². The fourth-order valence-electron chi connectivity index (χ4n) is 4.11. The molecule has 4 N–H and O–H groups in total. The minimum absolute atomic E-state index is 0.107. The van der Waals surface area contributed by atoms with Gasteiger partial charge in [0.2, 0.25) is 0 Å². The number of pyridine rings is 2. The second kappa shape index (κ2) is 9.88. The second-order valence-electron chi connectivity index (χ2n) is 8.35. The molecule has 11 heteroatoms. The molecule has 0 bridgehead atoms. The van der Waals surface area contributed by atoms with Crippen molar-refractivity contribution in [2.24, 2.45) is 11.7 Å². The summed E-state index contributed by atoms with van der Waals surface area (Å²) in [4.78, 5) is 22.9. The van der Waals surface area contributed by atoms with Gasteiger partial charge in [0.05, 0.1) is 36.3 Å². The minimum Gasteiger partial charge on any atom is -0.494 e. The Hall–Kier alpha value is -3.70. The van der Waals surface area contributed by atoms with E-state index in [-0.39, 0.29) is 17.4 Å². The number of aromatic nitrogens is 2. The van der Waals surface area contributed by atoms with E-state index in [1.807, 2.05) is 11.8 Å². The van der Waals surface area contributed by atoms with Gasteiger partial charge in [0.25, 0.3) is 5.91 Å². The number of rotatable bonds is 5. The minimum atomic E-state index is -1.14. The van der Waals surface area contributed by atoms with Crippen LogP contribution in [0.25, 0.3) is 11.3 Å². The highest BCUT2D eigenvalue weighted by Gasteiger charge is 2.32. The third-order valence-corrected chi connectivity index (χ3v) is 5.94. The monoisotopic (exact) mass is 487 g/mol. The van der Waals surface area contributed by atoms with Gasteiger partial charge in [-0.1, -0.05) is 6.92 Å². The van der Waals surface area contributed by atoms with Gasteiger partial charge < -0.3 is 25.8 Å². The molecule has 1 saturated heterocycles. The normalized spacial score (nSPS) is 20.0. The van der Waals surface area contributed by atoms with E-state index < -0.39 is 46.8 Å². The summed E-state index contributed by atoms with van der Waals surface area (Å²) in [7, 11) is 1.19. The molecule has 0 aliphatic carbocycles. The molecule has 4 rings (SSSR count). The number of hydrogen-bond acceptors (Lipinski definition) is 7. The lowest BCUT2D eigenvalue weighted by atomic mass is 9.92. The van der Waals surface area contributed by atoms with Gasteiger partial charge in [-0.3, -0.25) is 9.78 Å². The molecule has 0 radical (unpaired) electrons. The summed E-state index contributed by atoms with van der Waals surface area (Å²) in [5, 5.41) is 12.8. The number of carbonyl (C=O) groups excluding carboxylic acids is 1. The molecular formula is C24H24F3N5O3. The number of ether oxygens (including phenoxy) is 1. The van der Waals surface area contributed by atoms with Gasteiger partial charge in [0.15, 0.2) is 11.6 Å². The summed E-state index contributed by atoms with van der Waals surface area (Å²) in [5.74, 6) is -4.34. The zero-order valence-electron chi connectivity index (χ0n) is 19.0. The maximum atomic E-state index is 14.7. The summed E-state index contributed by atoms with van der Waals surface area (Å²) in [6, 6.07) is 5.22. The molecule has 0 saturated carbocycles. The van der Waals surface area contributed by atoms with Crippen LogP contribution >= 0.6 is 0 Å². The first-order valence-electron chi connectivity index (χ1n) is 10.8.